The smallest absolute Gasteiger partial charge is 0.341 e. The lowest BCUT2D eigenvalue weighted by Gasteiger charge is -2.31. The van der Waals surface area contributed by atoms with Gasteiger partial charge in [0.25, 0.3) is 5.91 Å². The number of piperazine rings is 1. The number of amides is 1. The third-order valence-electron chi connectivity index (χ3n) is 6.28. The molecule has 0 bridgehead atoms. The molecule has 0 radical (unpaired) electrons. The molecular weight excluding hydrogens is 462 g/mol. The van der Waals surface area contributed by atoms with Crippen molar-refractivity contribution < 1.29 is 27.6 Å². The molecule has 178 valence electrons. The summed E-state index contributed by atoms with van der Waals surface area (Å²) in [7, 11) is -2.15. The van der Waals surface area contributed by atoms with Gasteiger partial charge < -0.3 is 15.0 Å². The van der Waals surface area contributed by atoms with Crippen molar-refractivity contribution in [3.8, 4) is 0 Å². The molecule has 1 aromatic heterocycles. The molecule has 10 heteroatoms. The minimum Gasteiger partial charge on any atom is -0.465 e. The Balaban J connectivity index is 1.38. The lowest BCUT2D eigenvalue weighted by atomic mass is 10.1. The van der Waals surface area contributed by atoms with Gasteiger partial charge in [-0.2, -0.15) is 4.31 Å². The number of rotatable bonds is 6. The summed E-state index contributed by atoms with van der Waals surface area (Å²) in [5.41, 5.74) is 1.52. The zero-order valence-electron chi connectivity index (χ0n) is 18.8. The maximum atomic E-state index is 12.8. The number of carbonyl (C=O) groups is 2. The second kappa shape index (κ2) is 10.3. The van der Waals surface area contributed by atoms with Crippen LogP contribution in [-0.4, -0.2) is 64.4 Å². The van der Waals surface area contributed by atoms with Crippen LogP contribution in [0.15, 0.2) is 35.2 Å². The van der Waals surface area contributed by atoms with Crippen molar-refractivity contribution in [1.29, 1.82) is 0 Å². The average molecular weight is 493 g/mol. The van der Waals surface area contributed by atoms with Crippen LogP contribution in [0.5, 0.6) is 0 Å². The maximum absolute atomic E-state index is 12.8. The quantitative estimate of drug-likeness (QED) is 0.469. The Kier molecular flexibility index (Phi) is 7.48. The van der Waals surface area contributed by atoms with Crippen LogP contribution in [0.4, 0.5) is 5.00 Å². The molecule has 2 heterocycles. The van der Waals surface area contributed by atoms with Crippen LogP contribution in [0.25, 0.3) is 0 Å². The van der Waals surface area contributed by atoms with Crippen molar-refractivity contribution in [2.24, 2.45) is 0 Å². The number of hydrogen-bond donors (Lipinski definition) is 2. The van der Waals surface area contributed by atoms with Crippen molar-refractivity contribution in [2.75, 3.05) is 45.2 Å². The summed E-state index contributed by atoms with van der Waals surface area (Å²) in [5, 5.41) is 3.52. The van der Waals surface area contributed by atoms with E-state index in [-0.39, 0.29) is 12.5 Å². The lowest BCUT2D eigenvalue weighted by molar-refractivity contribution is -0.895. The molecule has 2 aromatic rings. The predicted octanol–water partition coefficient (Wildman–Crippen LogP) is 1.33. The number of anilines is 1. The van der Waals surface area contributed by atoms with E-state index in [1.807, 2.05) is 0 Å². The van der Waals surface area contributed by atoms with Crippen molar-refractivity contribution in [3.63, 3.8) is 0 Å². The summed E-state index contributed by atoms with van der Waals surface area (Å²) >= 11 is 1.48. The molecule has 1 aromatic carbocycles. The van der Waals surface area contributed by atoms with Gasteiger partial charge in [0.05, 0.1) is 43.7 Å². The highest BCUT2D eigenvalue weighted by Crippen LogP contribution is 2.37. The molecule has 1 saturated heterocycles. The van der Waals surface area contributed by atoms with Gasteiger partial charge in [0, 0.05) is 4.88 Å². The monoisotopic (exact) mass is 492 g/mol. The molecule has 2 N–H and O–H groups in total. The Bertz CT molecular complexity index is 1110. The number of thiophene rings is 1. The molecular formula is C23H30N3O5S2+. The third-order valence-corrected chi connectivity index (χ3v) is 9.40. The summed E-state index contributed by atoms with van der Waals surface area (Å²) in [5.74, 6) is -0.581. The number of quaternary nitrogens is 1. The molecule has 0 spiro atoms. The highest BCUT2D eigenvalue weighted by atomic mass is 32.2. The van der Waals surface area contributed by atoms with Crippen LogP contribution in [0.1, 0.15) is 40.1 Å². The first kappa shape index (κ1) is 23.9. The van der Waals surface area contributed by atoms with Crippen LogP contribution in [0.2, 0.25) is 0 Å². The zero-order chi connectivity index (χ0) is 23.4. The minimum absolute atomic E-state index is 0.175. The Labute approximate surface area is 198 Å². The summed E-state index contributed by atoms with van der Waals surface area (Å²) in [6.07, 6.45) is 5.00. The predicted molar refractivity (Wildman–Crippen MR) is 126 cm³/mol. The van der Waals surface area contributed by atoms with Gasteiger partial charge in [0.2, 0.25) is 10.0 Å². The van der Waals surface area contributed by atoms with Gasteiger partial charge in [-0.15, -0.1) is 11.3 Å². The molecule has 0 unspecified atom stereocenters. The van der Waals surface area contributed by atoms with Crippen molar-refractivity contribution in [2.45, 2.75) is 37.0 Å². The number of nitrogens with one attached hydrogen (secondary N) is 2. The molecule has 2 aliphatic rings. The van der Waals surface area contributed by atoms with Crippen molar-refractivity contribution in [3.05, 3.63) is 46.3 Å². The van der Waals surface area contributed by atoms with Crippen LogP contribution in [-0.2, 0) is 32.4 Å². The second-order valence-corrected chi connectivity index (χ2v) is 11.5. The van der Waals surface area contributed by atoms with E-state index in [9.17, 15) is 18.0 Å². The van der Waals surface area contributed by atoms with Crippen LogP contribution in [0.3, 0.4) is 0 Å². The van der Waals surface area contributed by atoms with Gasteiger partial charge >= 0.3 is 5.97 Å². The van der Waals surface area contributed by atoms with E-state index in [1.165, 1.54) is 22.8 Å². The normalized spacial score (nSPS) is 17.7. The molecule has 1 fully saturated rings. The molecule has 1 aliphatic carbocycles. The van der Waals surface area contributed by atoms with Crippen LogP contribution >= 0.6 is 11.3 Å². The fraction of sp³-hybridized carbons (Fsp3) is 0.478. The number of methoxy groups -OCH3 is 1. The van der Waals surface area contributed by atoms with E-state index >= 15 is 0 Å². The van der Waals surface area contributed by atoms with Gasteiger partial charge in [-0.1, -0.05) is 24.6 Å². The van der Waals surface area contributed by atoms with E-state index in [2.05, 4.69) is 5.32 Å². The minimum atomic E-state index is -3.52. The molecule has 33 heavy (non-hydrogen) atoms. The van der Waals surface area contributed by atoms with E-state index in [4.69, 9.17) is 4.74 Å². The van der Waals surface area contributed by atoms with E-state index in [1.54, 1.807) is 30.3 Å². The van der Waals surface area contributed by atoms with Crippen molar-refractivity contribution >= 4 is 38.2 Å². The van der Waals surface area contributed by atoms with Crippen LogP contribution in [0, 0.1) is 0 Å². The maximum Gasteiger partial charge on any atom is 0.341 e. The molecule has 0 atom stereocenters. The van der Waals surface area contributed by atoms with Gasteiger partial charge in [-0.25, -0.2) is 13.2 Å². The summed E-state index contributed by atoms with van der Waals surface area (Å²) in [4.78, 5) is 27.8. The van der Waals surface area contributed by atoms with Crippen LogP contribution < -0.4 is 10.2 Å². The van der Waals surface area contributed by atoms with Gasteiger partial charge in [-0.05, 0) is 43.4 Å². The lowest BCUT2D eigenvalue weighted by Crippen LogP contribution is -3.15. The molecule has 4 rings (SSSR count). The first-order chi connectivity index (χ1) is 15.9. The van der Waals surface area contributed by atoms with Gasteiger partial charge in [-0.3, -0.25) is 4.79 Å². The van der Waals surface area contributed by atoms with E-state index < -0.39 is 16.0 Å². The number of fused-ring (bicyclic) bond motifs is 1. The number of aryl methyl sites for hydroxylation is 1. The SMILES string of the molecule is COC(=O)c1c(NC(=O)C[NH+]2CCN(S(=O)(=O)c3ccccc3)CC2)sc2c1CCCCC2. The third kappa shape index (κ3) is 5.29. The van der Waals surface area contributed by atoms with Crippen molar-refractivity contribution in [1.82, 2.24) is 4.31 Å². The van der Waals surface area contributed by atoms with E-state index in [0.717, 1.165) is 47.4 Å². The standard InChI is InChI=1S/C23H29N3O5S2/c1-31-23(28)21-18-10-6-3-7-11-19(18)32-22(21)24-20(27)16-25-12-14-26(15-13-25)33(29,30)17-8-4-2-5-9-17/h2,4-5,8-9H,3,6-7,10-16H2,1H3,(H,24,27)/p+1. The number of hydrogen-bond acceptors (Lipinski definition) is 6. The molecule has 0 saturated carbocycles. The number of carbonyl (C=O) groups excluding carboxylic acids is 2. The summed E-state index contributed by atoms with van der Waals surface area (Å²) < 4.78 is 32.1. The molecule has 1 amide bonds. The fourth-order valence-electron chi connectivity index (χ4n) is 4.51. The summed E-state index contributed by atoms with van der Waals surface area (Å²) in [6.45, 7) is 2.04. The number of esters is 1. The van der Waals surface area contributed by atoms with Gasteiger partial charge in [0.15, 0.2) is 6.54 Å². The molecule has 1 aliphatic heterocycles. The Hall–Kier alpha value is -2.27. The second-order valence-electron chi connectivity index (χ2n) is 8.45. The Morgan fingerprint density at radius 1 is 1.09 bits per heavy atom. The number of nitrogens with zero attached hydrogens (tertiary/aromatic N) is 1. The highest BCUT2D eigenvalue weighted by Gasteiger charge is 2.32. The number of benzene rings is 1. The fourth-order valence-corrected chi connectivity index (χ4v) is 7.26. The average Bonchev–Trinajstić information content (AvgIpc) is 2.99. The zero-order valence-corrected chi connectivity index (χ0v) is 20.4. The number of sulfonamides is 1. The Morgan fingerprint density at radius 3 is 2.48 bits per heavy atom. The Morgan fingerprint density at radius 2 is 1.79 bits per heavy atom. The number of ether oxygens (including phenoxy) is 1. The largest absolute Gasteiger partial charge is 0.465 e. The first-order valence-electron chi connectivity index (χ1n) is 11.3. The first-order valence-corrected chi connectivity index (χ1v) is 13.6. The summed E-state index contributed by atoms with van der Waals surface area (Å²) in [6, 6.07) is 8.42. The van der Waals surface area contributed by atoms with Gasteiger partial charge in [0.1, 0.15) is 5.00 Å². The highest BCUT2D eigenvalue weighted by molar-refractivity contribution is 7.89. The molecule has 8 nitrogen and oxygen atoms in total. The van der Waals surface area contributed by atoms with E-state index in [0.29, 0.717) is 41.6 Å². The topological polar surface area (TPSA) is 97.2 Å².